The molecule has 0 fully saturated rings. The topological polar surface area (TPSA) is 71.2 Å². The molecule has 1 amide bonds. The monoisotopic (exact) mass is 370 g/mol. The maximum absolute atomic E-state index is 12.0. The summed E-state index contributed by atoms with van der Waals surface area (Å²) < 4.78 is 5.44. The highest BCUT2D eigenvalue weighted by atomic mass is 16.5. The molecule has 2 aromatic carbocycles. The normalized spacial score (nSPS) is 11.7. The van der Waals surface area contributed by atoms with E-state index in [4.69, 9.17) is 4.74 Å². The lowest BCUT2D eigenvalue weighted by molar-refractivity contribution is 0.144. The highest BCUT2D eigenvalue weighted by Crippen LogP contribution is 2.44. The Morgan fingerprint density at radius 2 is 1.71 bits per heavy atom. The fraction of sp³-hybridized carbons (Fsp3) is 0.130. The molecule has 1 aromatic heterocycles. The number of pyridine rings is 1. The van der Waals surface area contributed by atoms with Gasteiger partial charge in [0.05, 0.1) is 6.54 Å². The molecule has 0 radical (unpaired) electrons. The third-order valence-corrected chi connectivity index (χ3v) is 4.67. The summed E-state index contributed by atoms with van der Waals surface area (Å²) in [6.07, 6.45) is 1.02. The van der Waals surface area contributed by atoms with E-state index in [0.29, 0.717) is 5.56 Å². The van der Waals surface area contributed by atoms with Crippen LogP contribution < -0.4 is 10.9 Å². The molecule has 1 aliphatic carbocycles. The predicted molar refractivity (Wildman–Crippen MR) is 107 cm³/mol. The van der Waals surface area contributed by atoms with Gasteiger partial charge in [0.15, 0.2) is 0 Å². The summed E-state index contributed by atoms with van der Waals surface area (Å²) in [5.74, 6) is 5.66. The van der Waals surface area contributed by atoms with Crippen molar-refractivity contribution in [3.63, 3.8) is 0 Å². The molecule has 0 unspecified atom stereocenters. The first-order valence-corrected chi connectivity index (χ1v) is 8.99. The molecular weight excluding hydrogens is 352 g/mol. The van der Waals surface area contributed by atoms with Gasteiger partial charge < -0.3 is 15.0 Å². The molecule has 0 atom stereocenters. The minimum absolute atomic E-state index is 0.0280. The number of aromatic nitrogens is 1. The first kappa shape index (κ1) is 17.6. The summed E-state index contributed by atoms with van der Waals surface area (Å²) in [5, 5.41) is 2.62. The summed E-state index contributed by atoms with van der Waals surface area (Å²) in [7, 11) is 0. The summed E-state index contributed by atoms with van der Waals surface area (Å²) in [5.41, 5.74) is 5.11. The van der Waals surface area contributed by atoms with Crippen LogP contribution in [0.25, 0.3) is 11.1 Å². The van der Waals surface area contributed by atoms with Crippen molar-refractivity contribution in [1.82, 2.24) is 10.3 Å². The van der Waals surface area contributed by atoms with Gasteiger partial charge in [-0.3, -0.25) is 4.79 Å². The number of benzene rings is 2. The first-order valence-electron chi connectivity index (χ1n) is 8.99. The number of carbonyl (C=O) groups is 1. The number of rotatable bonds is 3. The van der Waals surface area contributed by atoms with Crippen molar-refractivity contribution in [3.05, 3.63) is 93.9 Å². The van der Waals surface area contributed by atoms with Gasteiger partial charge in [0.1, 0.15) is 6.61 Å². The van der Waals surface area contributed by atoms with Gasteiger partial charge >= 0.3 is 6.09 Å². The molecule has 0 saturated carbocycles. The highest BCUT2D eigenvalue weighted by Gasteiger charge is 2.28. The first-order chi connectivity index (χ1) is 13.7. The molecule has 2 N–H and O–H groups in total. The van der Waals surface area contributed by atoms with E-state index in [1.165, 1.54) is 34.5 Å². The van der Waals surface area contributed by atoms with Crippen LogP contribution in [0.15, 0.2) is 71.7 Å². The van der Waals surface area contributed by atoms with Gasteiger partial charge in [-0.1, -0.05) is 60.4 Å². The summed E-state index contributed by atoms with van der Waals surface area (Å²) in [4.78, 5) is 25.8. The van der Waals surface area contributed by atoms with Crippen molar-refractivity contribution in [2.45, 2.75) is 5.92 Å². The van der Waals surface area contributed by atoms with Crippen molar-refractivity contribution >= 4 is 6.09 Å². The van der Waals surface area contributed by atoms with Crippen LogP contribution in [0.2, 0.25) is 0 Å². The number of carbonyl (C=O) groups excluding carboxylic acids is 1. The second-order valence-electron chi connectivity index (χ2n) is 6.42. The zero-order valence-corrected chi connectivity index (χ0v) is 15.1. The molecule has 1 aliphatic rings. The number of hydrogen-bond acceptors (Lipinski definition) is 3. The van der Waals surface area contributed by atoms with Crippen LogP contribution in [0.5, 0.6) is 0 Å². The Morgan fingerprint density at radius 3 is 2.39 bits per heavy atom. The van der Waals surface area contributed by atoms with Gasteiger partial charge in [-0.2, -0.15) is 0 Å². The average Bonchev–Trinajstić information content (AvgIpc) is 3.04. The Labute approximate surface area is 162 Å². The number of alkyl carbamates (subject to hydrolysis) is 1. The van der Waals surface area contributed by atoms with Crippen LogP contribution in [-0.2, 0) is 4.74 Å². The zero-order valence-electron chi connectivity index (χ0n) is 15.1. The molecule has 0 spiro atoms. The molecule has 0 bridgehead atoms. The third kappa shape index (κ3) is 3.67. The van der Waals surface area contributed by atoms with Crippen LogP contribution in [0.1, 0.15) is 22.6 Å². The largest absolute Gasteiger partial charge is 0.449 e. The van der Waals surface area contributed by atoms with E-state index in [2.05, 4.69) is 46.4 Å². The quantitative estimate of drug-likeness (QED) is 0.695. The van der Waals surface area contributed by atoms with E-state index in [0.717, 1.165) is 0 Å². The van der Waals surface area contributed by atoms with Gasteiger partial charge in [-0.15, -0.1) is 0 Å². The fourth-order valence-electron chi connectivity index (χ4n) is 3.43. The fourth-order valence-corrected chi connectivity index (χ4v) is 3.43. The molecule has 28 heavy (non-hydrogen) atoms. The van der Waals surface area contributed by atoms with E-state index in [1.54, 1.807) is 6.07 Å². The Kier molecular flexibility index (Phi) is 4.94. The number of ether oxygens (including phenoxy) is 1. The van der Waals surface area contributed by atoms with Crippen LogP contribution in [0.3, 0.4) is 0 Å². The average molecular weight is 370 g/mol. The second-order valence-corrected chi connectivity index (χ2v) is 6.42. The predicted octanol–water partition coefficient (Wildman–Crippen LogP) is 3.27. The zero-order chi connectivity index (χ0) is 19.3. The van der Waals surface area contributed by atoms with Gasteiger partial charge in [-0.25, -0.2) is 4.79 Å². The number of H-pyrrole nitrogens is 1. The van der Waals surface area contributed by atoms with E-state index in [1.807, 2.05) is 24.3 Å². The highest BCUT2D eigenvalue weighted by molar-refractivity contribution is 5.79. The van der Waals surface area contributed by atoms with Crippen molar-refractivity contribution in [3.8, 4) is 23.0 Å². The van der Waals surface area contributed by atoms with Gasteiger partial charge in [0, 0.05) is 23.7 Å². The lowest BCUT2D eigenvalue weighted by Crippen LogP contribution is -2.26. The Balaban J connectivity index is 1.36. The Hall–Kier alpha value is -3.78. The molecule has 0 saturated heterocycles. The minimum Gasteiger partial charge on any atom is -0.449 e. The molecule has 5 nitrogen and oxygen atoms in total. The Morgan fingerprint density at radius 1 is 1.04 bits per heavy atom. The van der Waals surface area contributed by atoms with Crippen LogP contribution >= 0.6 is 0 Å². The van der Waals surface area contributed by atoms with E-state index >= 15 is 0 Å². The van der Waals surface area contributed by atoms with Crippen molar-refractivity contribution in [2.24, 2.45) is 0 Å². The summed E-state index contributed by atoms with van der Waals surface area (Å²) in [6.45, 7) is 0.408. The number of hydrogen-bond donors (Lipinski definition) is 2. The van der Waals surface area contributed by atoms with E-state index in [9.17, 15) is 9.59 Å². The van der Waals surface area contributed by atoms with Crippen molar-refractivity contribution in [2.75, 3.05) is 13.2 Å². The van der Waals surface area contributed by atoms with E-state index in [-0.39, 0.29) is 24.6 Å². The molecule has 3 aromatic rings. The molecule has 0 aliphatic heterocycles. The minimum atomic E-state index is -0.512. The lowest BCUT2D eigenvalue weighted by Gasteiger charge is -2.14. The smallest absolute Gasteiger partial charge is 0.407 e. The maximum Gasteiger partial charge on any atom is 0.407 e. The van der Waals surface area contributed by atoms with Crippen LogP contribution in [0, 0.1) is 11.8 Å². The molecular formula is C23H18N2O3. The second kappa shape index (κ2) is 7.85. The molecule has 138 valence electrons. The molecule has 5 heteroatoms. The summed E-state index contributed by atoms with van der Waals surface area (Å²) in [6, 6.07) is 19.5. The van der Waals surface area contributed by atoms with Gasteiger partial charge in [0.2, 0.25) is 5.56 Å². The molecule has 1 heterocycles. The number of fused-ring (bicyclic) bond motifs is 3. The lowest BCUT2D eigenvalue weighted by atomic mass is 9.98. The van der Waals surface area contributed by atoms with Crippen molar-refractivity contribution in [1.29, 1.82) is 0 Å². The number of aromatic amines is 1. The van der Waals surface area contributed by atoms with E-state index < -0.39 is 6.09 Å². The van der Waals surface area contributed by atoms with Gasteiger partial charge in [-0.05, 0) is 28.3 Å². The van der Waals surface area contributed by atoms with Crippen LogP contribution in [0.4, 0.5) is 4.79 Å². The summed E-state index contributed by atoms with van der Waals surface area (Å²) >= 11 is 0. The maximum atomic E-state index is 12.0. The number of nitrogens with one attached hydrogen (secondary N) is 2. The van der Waals surface area contributed by atoms with Crippen molar-refractivity contribution < 1.29 is 9.53 Å². The standard InChI is InChI=1S/C23H18N2O3/c26-22-14-16(11-13-24-22)6-5-12-25-23(27)28-15-21-19-9-3-1-7-17(19)18-8-2-4-10-20(18)21/h1-4,7-11,13-14,21H,12,15H2,(H,24,26)(H,25,27). The van der Waals surface area contributed by atoms with Crippen LogP contribution in [-0.4, -0.2) is 24.2 Å². The number of amides is 1. The Bertz CT molecular complexity index is 1090. The molecule has 4 rings (SSSR count). The third-order valence-electron chi connectivity index (χ3n) is 4.67. The van der Waals surface area contributed by atoms with Gasteiger partial charge in [0.25, 0.3) is 0 Å². The SMILES string of the molecule is O=C(NCC#Cc1cc[nH]c(=O)c1)OCC1c2ccccc2-c2ccccc21.